The zero-order chi connectivity index (χ0) is 13.9. The van der Waals surface area contributed by atoms with Gasteiger partial charge in [0.25, 0.3) is 0 Å². The molecule has 1 aromatic rings. The first-order valence-corrected chi connectivity index (χ1v) is 6.47. The van der Waals surface area contributed by atoms with Crippen LogP contribution in [0.1, 0.15) is 25.3 Å². The highest BCUT2D eigenvalue weighted by Crippen LogP contribution is 2.27. The smallest absolute Gasteiger partial charge is 0.314 e. The number of carbonyl (C=O) groups is 1. The van der Waals surface area contributed by atoms with Crippen molar-refractivity contribution in [3.8, 4) is 0 Å². The Morgan fingerprint density at radius 3 is 2.58 bits per heavy atom. The summed E-state index contributed by atoms with van der Waals surface area (Å²) in [6.45, 7) is 2.35. The van der Waals surface area contributed by atoms with Crippen LogP contribution in [0.4, 0.5) is 9.18 Å². The van der Waals surface area contributed by atoms with Crippen molar-refractivity contribution in [2.45, 2.75) is 25.4 Å². The van der Waals surface area contributed by atoms with Crippen LogP contribution < -0.4 is 10.6 Å². The first-order chi connectivity index (χ1) is 8.97. The maximum atomic E-state index is 12.8. The van der Waals surface area contributed by atoms with Crippen LogP contribution >= 0.6 is 0 Å². The number of urea groups is 1. The van der Waals surface area contributed by atoms with Gasteiger partial charge in [0, 0.05) is 6.54 Å². The van der Waals surface area contributed by atoms with E-state index in [9.17, 15) is 14.3 Å². The normalized spacial score (nSPS) is 17.6. The summed E-state index contributed by atoms with van der Waals surface area (Å²) in [7, 11) is 0. The van der Waals surface area contributed by atoms with Crippen molar-refractivity contribution in [1.82, 2.24) is 10.6 Å². The molecule has 0 bridgehead atoms. The van der Waals surface area contributed by atoms with Crippen LogP contribution in [0.3, 0.4) is 0 Å². The highest BCUT2D eigenvalue weighted by molar-refractivity contribution is 5.73. The van der Waals surface area contributed by atoms with Crippen LogP contribution in [0.5, 0.6) is 0 Å². The van der Waals surface area contributed by atoms with Gasteiger partial charge >= 0.3 is 6.03 Å². The Labute approximate surface area is 112 Å². The number of benzene rings is 1. The van der Waals surface area contributed by atoms with E-state index in [4.69, 9.17) is 0 Å². The molecule has 4 nitrogen and oxygen atoms in total. The molecule has 1 aliphatic carbocycles. The molecule has 1 atom stereocenters. The minimum Gasteiger partial charge on any atom is -0.384 e. The number of hydrogen-bond acceptors (Lipinski definition) is 2. The largest absolute Gasteiger partial charge is 0.384 e. The zero-order valence-electron chi connectivity index (χ0n) is 10.9. The number of halogens is 1. The molecule has 19 heavy (non-hydrogen) atoms. The van der Waals surface area contributed by atoms with E-state index in [1.54, 1.807) is 6.92 Å². The summed E-state index contributed by atoms with van der Waals surface area (Å²) in [6.07, 6.45) is 2.35. The standard InChI is InChI=1S/C14H19FN2O2/c1-14(19,11-4-6-12(15)7-5-11)9-17-13(18)16-8-10-2-3-10/h4-7,10,19H,2-3,8-9H2,1H3,(H2,16,17,18). The fourth-order valence-electron chi connectivity index (χ4n) is 1.78. The fourth-order valence-corrected chi connectivity index (χ4v) is 1.78. The molecule has 1 aromatic carbocycles. The first-order valence-electron chi connectivity index (χ1n) is 6.47. The molecule has 0 aliphatic heterocycles. The van der Waals surface area contributed by atoms with Gasteiger partial charge in [0.1, 0.15) is 11.4 Å². The van der Waals surface area contributed by atoms with Gasteiger partial charge in [-0.15, -0.1) is 0 Å². The molecule has 2 amide bonds. The Morgan fingerprint density at radius 1 is 1.37 bits per heavy atom. The molecule has 1 saturated carbocycles. The van der Waals surface area contributed by atoms with Gasteiger partial charge < -0.3 is 15.7 Å². The van der Waals surface area contributed by atoms with E-state index in [0.717, 1.165) is 0 Å². The zero-order valence-corrected chi connectivity index (χ0v) is 10.9. The van der Waals surface area contributed by atoms with Gasteiger partial charge in [-0.3, -0.25) is 0 Å². The quantitative estimate of drug-likeness (QED) is 0.760. The van der Waals surface area contributed by atoms with Crippen molar-refractivity contribution in [3.63, 3.8) is 0 Å². The monoisotopic (exact) mass is 266 g/mol. The second-order valence-corrected chi connectivity index (χ2v) is 5.29. The van der Waals surface area contributed by atoms with Crippen molar-refractivity contribution in [1.29, 1.82) is 0 Å². The van der Waals surface area contributed by atoms with Gasteiger partial charge in [-0.05, 0) is 43.4 Å². The lowest BCUT2D eigenvalue weighted by Gasteiger charge is -2.24. The van der Waals surface area contributed by atoms with Crippen molar-refractivity contribution >= 4 is 6.03 Å². The van der Waals surface area contributed by atoms with Crippen LogP contribution in [0.2, 0.25) is 0 Å². The Bertz CT molecular complexity index is 441. The lowest BCUT2D eigenvalue weighted by atomic mass is 9.96. The summed E-state index contributed by atoms with van der Waals surface area (Å²) in [6, 6.07) is 5.32. The average molecular weight is 266 g/mol. The van der Waals surface area contributed by atoms with Gasteiger partial charge in [-0.25, -0.2) is 9.18 Å². The molecule has 0 radical (unpaired) electrons. The van der Waals surface area contributed by atoms with E-state index in [1.165, 1.54) is 37.1 Å². The van der Waals surface area contributed by atoms with E-state index < -0.39 is 5.60 Å². The van der Waals surface area contributed by atoms with Gasteiger partial charge in [0.2, 0.25) is 0 Å². The minimum atomic E-state index is -1.22. The number of hydrogen-bond donors (Lipinski definition) is 3. The molecule has 0 saturated heterocycles. The SMILES string of the molecule is CC(O)(CNC(=O)NCC1CC1)c1ccc(F)cc1. The molecule has 5 heteroatoms. The molecule has 3 N–H and O–H groups in total. The number of rotatable bonds is 5. The molecule has 0 aromatic heterocycles. The van der Waals surface area contributed by atoms with E-state index in [2.05, 4.69) is 10.6 Å². The summed E-state index contributed by atoms with van der Waals surface area (Å²) in [5.74, 6) is 0.262. The third kappa shape index (κ3) is 4.21. The number of nitrogens with one attached hydrogen (secondary N) is 2. The highest BCUT2D eigenvalue weighted by atomic mass is 19.1. The second-order valence-electron chi connectivity index (χ2n) is 5.29. The Morgan fingerprint density at radius 2 is 2.00 bits per heavy atom. The lowest BCUT2D eigenvalue weighted by Crippen LogP contribution is -2.44. The van der Waals surface area contributed by atoms with Crippen LogP contribution in [0.25, 0.3) is 0 Å². The maximum absolute atomic E-state index is 12.8. The van der Waals surface area contributed by atoms with E-state index in [1.807, 2.05) is 0 Å². The Hall–Kier alpha value is -1.62. The number of amides is 2. The van der Waals surface area contributed by atoms with E-state index in [-0.39, 0.29) is 18.4 Å². The Balaban J connectivity index is 1.82. The van der Waals surface area contributed by atoms with Gasteiger partial charge in [-0.2, -0.15) is 0 Å². The summed E-state index contributed by atoms with van der Waals surface area (Å²) in [5.41, 5.74) is -0.652. The molecule has 1 fully saturated rings. The predicted octanol–water partition coefficient (Wildman–Crippen LogP) is 1.74. The van der Waals surface area contributed by atoms with Gasteiger partial charge in [0.15, 0.2) is 0 Å². The minimum absolute atomic E-state index is 0.0785. The van der Waals surface area contributed by atoms with Crippen LogP contribution in [-0.2, 0) is 5.60 Å². The average Bonchev–Trinajstić information content (AvgIpc) is 3.18. The lowest BCUT2D eigenvalue weighted by molar-refractivity contribution is 0.0593. The molecule has 1 unspecified atom stereocenters. The fraction of sp³-hybridized carbons (Fsp3) is 0.500. The van der Waals surface area contributed by atoms with Crippen molar-refractivity contribution in [2.24, 2.45) is 5.92 Å². The predicted molar refractivity (Wildman–Crippen MR) is 70.1 cm³/mol. The third-order valence-corrected chi connectivity index (χ3v) is 3.31. The summed E-state index contributed by atoms with van der Waals surface area (Å²) in [4.78, 5) is 11.5. The van der Waals surface area contributed by atoms with Crippen molar-refractivity contribution in [2.75, 3.05) is 13.1 Å². The molecular weight excluding hydrogens is 247 g/mol. The first kappa shape index (κ1) is 13.8. The molecule has 1 aliphatic rings. The van der Waals surface area contributed by atoms with E-state index >= 15 is 0 Å². The molecule has 2 rings (SSSR count). The van der Waals surface area contributed by atoms with Crippen LogP contribution in [0, 0.1) is 11.7 Å². The van der Waals surface area contributed by atoms with Crippen LogP contribution in [-0.4, -0.2) is 24.2 Å². The maximum Gasteiger partial charge on any atom is 0.314 e. The summed E-state index contributed by atoms with van der Waals surface area (Å²) < 4.78 is 12.8. The van der Waals surface area contributed by atoms with Gasteiger partial charge in [0.05, 0.1) is 6.54 Å². The second kappa shape index (κ2) is 5.57. The topological polar surface area (TPSA) is 61.4 Å². The third-order valence-electron chi connectivity index (χ3n) is 3.31. The molecule has 104 valence electrons. The molecule has 0 heterocycles. The van der Waals surface area contributed by atoms with E-state index in [0.29, 0.717) is 18.0 Å². The Kier molecular flexibility index (Phi) is 4.04. The summed E-state index contributed by atoms with van der Waals surface area (Å²) >= 11 is 0. The summed E-state index contributed by atoms with van der Waals surface area (Å²) in [5, 5.41) is 15.6. The van der Waals surface area contributed by atoms with Crippen LogP contribution in [0.15, 0.2) is 24.3 Å². The van der Waals surface area contributed by atoms with Crippen molar-refractivity contribution < 1.29 is 14.3 Å². The molecular formula is C14H19FN2O2. The molecule has 0 spiro atoms. The number of carbonyl (C=O) groups excluding carboxylic acids is 1. The highest BCUT2D eigenvalue weighted by Gasteiger charge is 2.25. The van der Waals surface area contributed by atoms with Crippen molar-refractivity contribution in [3.05, 3.63) is 35.6 Å². The van der Waals surface area contributed by atoms with Gasteiger partial charge in [-0.1, -0.05) is 12.1 Å². The number of aliphatic hydroxyl groups is 1.